The number of aliphatic imine (C=N–C) groups is 1. The van der Waals surface area contributed by atoms with Crippen LogP contribution in [0.25, 0.3) is 0 Å². The molecule has 0 amide bonds. The summed E-state index contributed by atoms with van der Waals surface area (Å²) in [5.41, 5.74) is 3.59. The first-order valence-corrected chi connectivity index (χ1v) is 5.30. The number of aromatic nitrogens is 1. The fraction of sp³-hybridized carbons (Fsp3) is 0.143. The monoisotopic (exact) mass is 210 g/mol. The molecule has 0 saturated heterocycles. The SMILES string of the molecule is Cc1ccc(C=NCc2ccncc2)cc1. The highest BCUT2D eigenvalue weighted by Crippen LogP contribution is 2.02. The lowest BCUT2D eigenvalue weighted by molar-refractivity contribution is 1.06. The van der Waals surface area contributed by atoms with Crippen molar-refractivity contribution in [3.8, 4) is 0 Å². The van der Waals surface area contributed by atoms with E-state index in [1.165, 1.54) is 11.1 Å². The highest BCUT2D eigenvalue weighted by atomic mass is 14.7. The molecule has 2 aromatic rings. The van der Waals surface area contributed by atoms with Gasteiger partial charge in [-0.25, -0.2) is 0 Å². The Morgan fingerprint density at radius 3 is 2.44 bits per heavy atom. The van der Waals surface area contributed by atoms with Crippen LogP contribution in [0.1, 0.15) is 16.7 Å². The van der Waals surface area contributed by atoms with Crippen molar-refractivity contribution < 1.29 is 0 Å². The fourth-order valence-corrected chi connectivity index (χ4v) is 1.40. The number of rotatable bonds is 3. The van der Waals surface area contributed by atoms with Crippen LogP contribution >= 0.6 is 0 Å². The first kappa shape index (κ1) is 10.6. The van der Waals surface area contributed by atoms with Crippen LogP contribution in [0, 0.1) is 6.92 Å². The second-order valence-electron chi connectivity index (χ2n) is 3.74. The van der Waals surface area contributed by atoms with E-state index < -0.39 is 0 Å². The van der Waals surface area contributed by atoms with E-state index >= 15 is 0 Å². The van der Waals surface area contributed by atoms with Gasteiger partial charge in [0.25, 0.3) is 0 Å². The highest BCUT2D eigenvalue weighted by Gasteiger charge is 1.89. The lowest BCUT2D eigenvalue weighted by Gasteiger charge is -1.96. The Kier molecular flexibility index (Phi) is 3.44. The lowest BCUT2D eigenvalue weighted by Crippen LogP contribution is -1.85. The van der Waals surface area contributed by atoms with Crippen molar-refractivity contribution in [3.63, 3.8) is 0 Å². The van der Waals surface area contributed by atoms with Gasteiger partial charge in [0.1, 0.15) is 0 Å². The van der Waals surface area contributed by atoms with Gasteiger partial charge in [0.05, 0.1) is 6.54 Å². The van der Waals surface area contributed by atoms with E-state index in [2.05, 4.69) is 41.2 Å². The smallest absolute Gasteiger partial charge is 0.0641 e. The Morgan fingerprint density at radius 1 is 1.06 bits per heavy atom. The molecule has 2 nitrogen and oxygen atoms in total. The van der Waals surface area contributed by atoms with Crippen LogP contribution in [0.15, 0.2) is 53.8 Å². The Morgan fingerprint density at radius 2 is 1.75 bits per heavy atom. The molecule has 0 aliphatic carbocycles. The summed E-state index contributed by atoms with van der Waals surface area (Å²) in [6.07, 6.45) is 5.48. The molecule has 0 radical (unpaired) electrons. The van der Waals surface area contributed by atoms with Gasteiger partial charge in [-0.15, -0.1) is 0 Å². The van der Waals surface area contributed by atoms with Crippen LogP contribution in [0.5, 0.6) is 0 Å². The molecule has 0 unspecified atom stereocenters. The van der Waals surface area contributed by atoms with Gasteiger partial charge in [0, 0.05) is 18.6 Å². The summed E-state index contributed by atoms with van der Waals surface area (Å²) in [5.74, 6) is 0. The third-order valence-corrected chi connectivity index (χ3v) is 2.34. The van der Waals surface area contributed by atoms with E-state index in [1.807, 2.05) is 18.3 Å². The van der Waals surface area contributed by atoms with Crippen molar-refractivity contribution >= 4 is 6.21 Å². The molecule has 0 aliphatic heterocycles. The van der Waals surface area contributed by atoms with Crippen LogP contribution < -0.4 is 0 Å². The molecule has 80 valence electrons. The third-order valence-electron chi connectivity index (χ3n) is 2.34. The summed E-state index contributed by atoms with van der Waals surface area (Å²) < 4.78 is 0. The largest absolute Gasteiger partial charge is 0.288 e. The summed E-state index contributed by atoms with van der Waals surface area (Å²) >= 11 is 0. The van der Waals surface area contributed by atoms with Crippen molar-refractivity contribution in [3.05, 3.63) is 65.5 Å². The maximum absolute atomic E-state index is 4.39. The minimum atomic E-state index is 0.705. The summed E-state index contributed by atoms with van der Waals surface area (Å²) in [5, 5.41) is 0. The average Bonchev–Trinajstić information content (AvgIpc) is 2.33. The average molecular weight is 210 g/mol. The molecule has 0 N–H and O–H groups in total. The Hall–Kier alpha value is -1.96. The zero-order valence-electron chi connectivity index (χ0n) is 9.30. The molecular formula is C14H14N2. The first-order valence-electron chi connectivity index (χ1n) is 5.30. The molecule has 0 aliphatic rings. The van der Waals surface area contributed by atoms with Gasteiger partial charge < -0.3 is 0 Å². The van der Waals surface area contributed by atoms with Gasteiger partial charge in [-0.05, 0) is 30.2 Å². The molecule has 0 bridgehead atoms. The van der Waals surface area contributed by atoms with Gasteiger partial charge in [0.15, 0.2) is 0 Å². The van der Waals surface area contributed by atoms with Crippen molar-refractivity contribution in [2.45, 2.75) is 13.5 Å². The van der Waals surface area contributed by atoms with Crippen LogP contribution in [0.2, 0.25) is 0 Å². The van der Waals surface area contributed by atoms with Crippen molar-refractivity contribution in [1.82, 2.24) is 4.98 Å². The predicted molar refractivity (Wildman–Crippen MR) is 66.7 cm³/mol. The quantitative estimate of drug-likeness (QED) is 0.715. The number of hydrogen-bond acceptors (Lipinski definition) is 2. The van der Waals surface area contributed by atoms with Crippen LogP contribution in [-0.4, -0.2) is 11.2 Å². The minimum absolute atomic E-state index is 0.705. The summed E-state index contributed by atoms with van der Waals surface area (Å²) in [4.78, 5) is 8.36. The number of aryl methyl sites for hydroxylation is 1. The lowest BCUT2D eigenvalue weighted by atomic mass is 10.2. The van der Waals surface area contributed by atoms with Gasteiger partial charge in [-0.2, -0.15) is 0 Å². The van der Waals surface area contributed by atoms with Crippen LogP contribution in [0.3, 0.4) is 0 Å². The van der Waals surface area contributed by atoms with Gasteiger partial charge in [-0.3, -0.25) is 9.98 Å². The highest BCUT2D eigenvalue weighted by molar-refractivity contribution is 5.79. The topological polar surface area (TPSA) is 25.2 Å². The van der Waals surface area contributed by atoms with E-state index in [-0.39, 0.29) is 0 Å². The van der Waals surface area contributed by atoms with Crippen molar-refractivity contribution in [1.29, 1.82) is 0 Å². The second kappa shape index (κ2) is 5.21. The summed E-state index contributed by atoms with van der Waals surface area (Å²) in [6, 6.07) is 12.3. The number of pyridine rings is 1. The van der Waals surface area contributed by atoms with Crippen LogP contribution in [0.4, 0.5) is 0 Å². The molecule has 0 spiro atoms. The van der Waals surface area contributed by atoms with E-state index in [9.17, 15) is 0 Å². The Balaban J connectivity index is 1.98. The molecule has 1 aromatic carbocycles. The van der Waals surface area contributed by atoms with Crippen molar-refractivity contribution in [2.24, 2.45) is 4.99 Å². The maximum Gasteiger partial charge on any atom is 0.0641 e. The first-order chi connectivity index (χ1) is 7.84. The third kappa shape index (κ3) is 3.02. The molecular weight excluding hydrogens is 196 g/mol. The summed E-state index contributed by atoms with van der Waals surface area (Å²) in [7, 11) is 0. The molecule has 0 fully saturated rings. The second-order valence-corrected chi connectivity index (χ2v) is 3.74. The molecule has 0 atom stereocenters. The van der Waals surface area contributed by atoms with Crippen molar-refractivity contribution in [2.75, 3.05) is 0 Å². The minimum Gasteiger partial charge on any atom is -0.288 e. The molecule has 0 saturated carbocycles. The fourth-order valence-electron chi connectivity index (χ4n) is 1.40. The zero-order valence-corrected chi connectivity index (χ0v) is 9.30. The zero-order chi connectivity index (χ0) is 11.2. The Bertz CT molecular complexity index is 458. The van der Waals surface area contributed by atoms with Crippen LogP contribution in [-0.2, 0) is 6.54 Å². The van der Waals surface area contributed by atoms with E-state index in [0.717, 1.165) is 5.56 Å². The number of benzene rings is 1. The molecule has 2 rings (SSSR count). The number of nitrogens with zero attached hydrogens (tertiary/aromatic N) is 2. The van der Waals surface area contributed by atoms with Gasteiger partial charge in [0.2, 0.25) is 0 Å². The Labute approximate surface area is 95.7 Å². The normalized spacial score (nSPS) is 10.8. The van der Waals surface area contributed by atoms with E-state index in [0.29, 0.717) is 6.54 Å². The standard InChI is InChI=1S/C14H14N2/c1-12-2-4-13(5-3-12)10-16-11-14-6-8-15-9-7-14/h2-10H,11H2,1H3. The molecule has 1 heterocycles. The molecule has 16 heavy (non-hydrogen) atoms. The molecule has 2 heteroatoms. The predicted octanol–water partition coefficient (Wildman–Crippen LogP) is 3.01. The van der Waals surface area contributed by atoms with Gasteiger partial charge >= 0.3 is 0 Å². The van der Waals surface area contributed by atoms with E-state index in [1.54, 1.807) is 12.4 Å². The summed E-state index contributed by atoms with van der Waals surface area (Å²) in [6.45, 7) is 2.79. The van der Waals surface area contributed by atoms with Gasteiger partial charge in [-0.1, -0.05) is 29.8 Å². The maximum atomic E-state index is 4.39. The van der Waals surface area contributed by atoms with E-state index in [4.69, 9.17) is 0 Å². The number of hydrogen-bond donors (Lipinski definition) is 0. The molecule has 1 aromatic heterocycles.